The molecule has 0 N–H and O–H groups in total. The Morgan fingerprint density at radius 3 is 2.31 bits per heavy atom. The van der Waals surface area contributed by atoms with E-state index in [9.17, 15) is 17.6 Å². The molecule has 1 heterocycles. The van der Waals surface area contributed by atoms with E-state index < -0.39 is 15.7 Å². The molecule has 0 spiro atoms. The topological polar surface area (TPSA) is 57.7 Å². The number of amides is 1. The van der Waals surface area contributed by atoms with Crippen molar-refractivity contribution in [2.75, 3.05) is 38.5 Å². The molecule has 0 aliphatic carbocycles. The summed E-state index contributed by atoms with van der Waals surface area (Å²) in [6, 6.07) is 12.3. The van der Waals surface area contributed by atoms with Gasteiger partial charge in [0, 0.05) is 31.2 Å². The average molecular weight is 439 g/mol. The summed E-state index contributed by atoms with van der Waals surface area (Å²) in [5, 5.41) is 0.599. The maximum absolute atomic E-state index is 13.0. The third kappa shape index (κ3) is 6.01. The number of benzene rings is 2. The molecule has 1 amide bonds. The second-order valence-corrected chi connectivity index (χ2v) is 9.63. The molecule has 5 nitrogen and oxygen atoms in total. The Labute approximate surface area is 176 Å². The Hall–Kier alpha value is -1.96. The molecular weight excluding hydrogens is 415 g/mol. The standard InChI is InChI=1S/C21H24ClFN2O3S/c22-20-5-2-1-4-17(20)16-21(26)25-13-11-24(12-14-25)10-3-15-29(27,28)19-8-6-18(23)7-9-19/h1-2,4-9H,3,10-16H2. The normalized spacial score (nSPS) is 15.4. The maximum Gasteiger partial charge on any atom is 0.227 e. The fourth-order valence-electron chi connectivity index (χ4n) is 3.38. The van der Waals surface area contributed by atoms with Gasteiger partial charge in [-0.15, -0.1) is 0 Å². The van der Waals surface area contributed by atoms with Crippen molar-refractivity contribution < 1.29 is 17.6 Å². The quantitative estimate of drug-likeness (QED) is 0.623. The minimum Gasteiger partial charge on any atom is -0.340 e. The molecule has 1 fully saturated rings. The van der Waals surface area contributed by atoms with Crippen LogP contribution in [0.25, 0.3) is 0 Å². The Morgan fingerprint density at radius 1 is 1.00 bits per heavy atom. The molecular formula is C21H24ClFN2O3S. The van der Waals surface area contributed by atoms with Crippen LogP contribution in [0.1, 0.15) is 12.0 Å². The van der Waals surface area contributed by atoms with E-state index in [1.807, 2.05) is 23.1 Å². The number of hydrogen-bond acceptors (Lipinski definition) is 4. The predicted molar refractivity (Wildman–Crippen MR) is 111 cm³/mol. The molecule has 0 unspecified atom stereocenters. The van der Waals surface area contributed by atoms with Gasteiger partial charge in [0.15, 0.2) is 9.84 Å². The summed E-state index contributed by atoms with van der Waals surface area (Å²) in [7, 11) is -3.41. The van der Waals surface area contributed by atoms with E-state index in [2.05, 4.69) is 4.90 Å². The number of hydrogen-bond donors (Lipinski definition) is 0. The van der Waals surface area contributed by atoms with Crippen LogP contribution in [0.5, 0.6) is 0 Å². The third-order valence-corrected chi connectivity index (χ3v) is 7.27. The van der Waals surface area contributed by atoms with Gasteiger partial charge in [-0.25, -0.2) is 12.8 Å². The van der Waals surface area contributed by atoms with Gasteiger partial charge in [-0.3, -0.25) is 9.69 Å². The van der Waals surface area contributed by atoms with Crippen LogP contribution in [0.3, 0.4) is 0 Å². The number of piperazine rings is 1. The number of rotatable bonds is 7. The van der Waals surface area contributed by atoms with Crippen molar-refractivity contribution in [3.63, 3.8) is 0 Å². The second kappa shape index (κ2) is 9.69. The van der Waals surface area contributed by atoms with Gasteiger partial charge < -0.3 is 4.90 Å². The van der Waals surface area contributed by atoms with Crippen LogP contribution in [-0.4, -0.2) is 62.6 Å². The number of carbonyl (C=O) groups is 1. The lowest BCUT2D eigenvalue weighted by Crippen LogP contribution is -2.49. The smallest absolute Gasteiger partial charge is 0.227 e. The first-order chi connectivity index (χ1) is 13.8. The van der Waals surface area contributed by atoms with E-state index in [0.29, 0.717) is 44.2 Å². The van der Waals surface area contributed by atoms with E-state index in [1.54, 1.807) is 6.07 Å². The molecule has 29 heavy (non-hydrogen) atoms. The van der Waals surface area contributed by atoms with E-state index in [4.69, 9.17) is 11.6 Å². The summed E-state index contributed by atoms with van der Waals surface area (Å²) in [4.78, 5) is 16.6. The predicted octanol–water partition coefficient (Wildman–Crippen LogP) is 3.03. The Morgan fingerprint density at radius 2 is 1.66 bits per heavy atom. The van der Waals surface area contributed by atoms with Gasteiger partial charge >= 0.3 is 0 Å². The van der Waals surface area contributed by atoms with Gasteiger partial charge in [-0.1, -0.05) is 29.8 Å². The first-order valence-corrected chi connectivity index (χ1v) is 11.6. The van der Waals surface area contributed by atoms with Gasteiger partial charge in [0.05, 0.1) is 17.1 Å². The average Bonchev–Trinajstić information content (AvgIpc) is 2.70. The van der Waals surface area contributed by atoms with Gasteiger partial charge in [-0.05, 0) is 48.9 Å². The zero-order valence-electron chi connectivity index (χ0n) is 16.1. The van der Waals surface area contributed by atoms with Crippen LogP contribution in [0.2, 0.25) is 5.02 Å². The molecule has 0 atom stereocenters. The molecule has 8 heteroatoms. The van der Waals surface area contributed by atoms with Gasteiger partial charge in [0.25, 0.3) is 0 Å². The molecule has 0 bridgehead atoms. The van der Waals surface area contributed by atoms with Crippen molar-refractivity contribution >= 4 is 27.3 Å². The van der Waals surface area contributed by atoms with Gasteiger partial charge in [-0.2, -0.15) is 0 Å². The van der Waals surface area contributed by atoms with Crippen molar-refractivity contribution in [3.8, 4) is 0 Å². The highest BCUT2D eigenvalue weighted by Crippen LogP contribution is 2.17. The molecule has 1 aliphatic heterocycles. The van der Waals surface area contributed by atoms with Gasteiger partial charge in [0.1, 0.15) is 5.82 Å². The Kier molecular flexibility index (Phi) is 7.27. The van der Waals surface area contributed by atoms with Crippen LogP contribution in [0.15, 0.2) is 53.4 Å². The number of halogens is 2. The fraction of sp³-hybridized carbons (Fsp3) is 0.381. The maximum atomic E-state index is 13.0. The van der Waals surface area contributed by atoms with E-state index >= 15 is 0 Å². The Bertz CT molecular complexity index is 943. The Balaban J connectivity index is 1.42. The lowest BCUT2D eigenvalue weighted by atomic mass is 10.1. The van der Waals surface area contributed by atoms with Crippen molar-refractivity contribution in [3.05, 3.63) is 64.9 Å². The summed E-state index contributed by atoms with van der Waals surface area (Å²) >= 11 is 6.13. The summed E-state index contributed by atoms with van der Waals surface area (Å²) in [6.07, 6.45) is 0.781. The number of sulfone groups is 1. The zero-order chi connectivity index (χ0) is 20.9. The highest BCUT2D eigenvalue weighted by Gasteiger charge is 2.22. The molecule has 2 aromatic carbocycles. The molecule has 0 saturated carbocycles. The molecule has 0 aromatic heterocycles. The minimum atomic E-state index is -3.41. The molecule has 156 valence electrons. The SMILES string of the molecule is O=C(Cc1ccccc1Cl)N1CCN(CCCS(=O)(=O)c2ccc(F)cc2)CC1. The highest BCUT2D eigenvalue weighted by molar-refractivity contribution is 7.91. The van der Waals surface area contributed by atoms with Crippen molar-refractivity contribution in [1.82, 2.24) is 9.80 Å². The van der Waals surface area contributed by atoms with E-state index in [1.165, 1.54) is 12.1 Å². The molecule has 3 rings (SSSR count). The monoisotopic (exact) mass is 438 g/mol. The van der Waals surface area contributed by atoms with Crippen molar-refractivity contribution in [1.29, 1.82) is 0 Å². The van der Waals surface area contributed by atoms with Gasteiger partial charge in [0.2, 0.25) is 5.91 Å². The largest absolute Gasteiger partial charge is 0.340 e. The number of carbonyl (C=O) groups excluding carboxylic acids is 1. The molecule has 1 saturated heterocycles. The lowest BCUT2D eigenvalue weighted by Gasteiger charge is -2.34. The van der Waals surface area contributed by atoms with Crippen molar-refractivity contribution in [2.45, 2.75) is 17.7 Å². The highest BCUT2D eigenvalue weighted by atomic mass is 35.5. The molecule has 2 aromatic rings. The molecule has 1 aliphatic rings. The van der Waals surface area contributed by atoms with Crippen LogP contribution in [0.4, 0.5) is 4.39 Å². The lowest BCUT2D eigenvalue weighted by molar-refractivity contribution is -0.132. The van der Waals surface area contributed by atoms with Crippen LogP contribution < -0.4 is 0 Å². The summed E-state index contributed by atoms with van der Waals surface area (Å²) in [5.74, 6) is -0.382. The third-order valence-electron chi connectivity index (χ3n) is 5.08. The fourth-order valence-corrected chi connectivity index (χ4v) is 4.87. The first kappa shape index (κ1) is 21.7. The second-order valence-electron chi connectivity index (χ2n) is 7.12. The van der Waals surface area contributed by atoms with Crippen molar-refractivity contribution in [2.24, 2.45) is 0 Å². The minimum absolute atomic E-state index is 0.0181. The summed E-state index contributed by atoms with van der Waals surface area (Å²) in [5.41, 5.74) is 0.826. The van der Waals surface area contributed by atoms with Crippen LogP contribution in [0, 0.1) is 5.82 Å². The summed E-state index contributed by atoms with van der Waals surface area (Å²) in [6.45, 7) is 3.31. The van der Waals surface area contributed by atoms with E-state index in [0.717, 1.165) is 17.7 Å². The van der Waals surface area contributed by atoms with Crippen LogP contribution in [-0.2, 0) is 21.1 Å². The van der Waals surface area contributed by atoms with Crippen LogP contribution >= 0.6 is 11.6 Å². The summed E-state index contributed by atoms with van der Waals surface area (Å²) < 4.78 is 37.6. The number of nitrogens with zero attached hydrogens (tertiary/aromatic N) is 2. The van der Waals surface area contributed by atoms with E-state index in [-0.39, 0.29) is 23.0 Å². The zero-order valence-corrected chi connectivity index (χ0v) is 17.6. The molecule has 0 radical (unpaired) electrons. The first-order valence-electron chi connectivity index (χ1n) is 9.57.